The predicted molar refractivity (Wildman–Crippen MR) is 67.1 cm³/mol. The number of likely N-dealkylation sites (N-methyl/N-ethyl adjacent to an activating group) is 1. The summed E-state index contributed by atoms with van der Waals surface area (Å²) in [7, 11) is 3.49. The van der Waals surface area contributed by atoms with Gasteiger partial charge in [0.05, 0.1) is 24.7 Å². The first-order valence-electron chi connectivity index (χ1n) is 5.87. The largest absolute Gasteiger partial charge is 0.388 e. The van der Waals surface area contributed by atoms with Crippen LogP contribution in [0.15, 0.2) is 18.2 Å². The van der Waals surface area contributed by atoms with Gasteiger partial charge in [0.1, 0.15) is 12.1 Å². The molecule has 2 rings (SSSR count). The Morgan fingerprint density at radius 3 is 2.89 bits per heavy atom. The molecule has 2 atom stereocenters. The third kappa shape index (κ3) is 1.89. The van der Waals surface area contributed by atoms with Crippen molar-refractivity contribution in [1.82, 2.24) is 5.32 Å². The zero-order valence-electron chi connectivity index (χ0n) is 10.5. The van der Waals surface area contributed by atoms with E-state index in [4.69, 9.17) is 4.74 Å². The highest BCUT2D eigenvalue weighted by molar-refractivity contribution is 5.60. The van der Waals surface area contributed by atoms with Gasteiger partial charge >= 0.3 is 0 Å². The van der Waals surface area contributed by atoms with Gasteiger partial charge in [-0.25, -0.2) is 4.39 Å². The summed E-state index contributed by atoms with van der Waals surface area (Å²) in [6, 6.07) is 4.78. The number of anilines is 1. The summed E-state index contributed by atoms with van der Waals surface area (Å²) >= 11 is 0. The van der Waals surface area contributed by atoms with E-state index in [9.17, 15) is 9.18 Å². The Morgan fingerprint density at radius 1 is 1.50 bits per heavy atom. The Bertz CT molecular complexity index is 453. The smallest absolute Gasteiger partial charge is 0.128 e. The molecule has 1 saturated heterocycles. The van der Waals surface area contributed by atoms with Crippen molar-refractivity contribution in [3.05, 3.63) is 29.6 Å². The number of aldehydes is 1. The minimum atomic E-state index is -0.779. The normalized spacial score (nSPS) is 27.2. The average Bonchev–Trinajstić information content (AvgIpc) is 2.83. The van der Waals surface area contributed by atoms with Gasteiger partial charge < -0.3 is 20.2 Å². The lowest BCUT2D eigenvalue weighted by molar-refractivity contribution is -0.112. The van der Waals surface area contributed by atoms with E-state index >= 15 is 0 Å². The van der Waals surface area contributed by atoms with E-state index in [-0.39, 0.29) is 18.3 Å². The number of carbonyl (C=O) groups is 1. The molecule has 2 unspecified atom stereocenters. The molecule has 0 bridgehead atoms. The number of rotatable bonds is 4. The molecule has 0 radical (unpaired) electrons. The predicted octanol–water partition coefficient (Wildman–Crippen LogP) is 1.13. The van der Waals surface area contributed by atoms with E-state index in [2.05, 4.69) is 10.6 Å². The molecule has 0 aromatic heterocycles. The molecule has 0 saturated carbocycles. The van der Waals surface area contributed by atoms with Crippen molar-refractivity contribution >= 4 is 12.0 Å². The van der Waals surface area contributed by atoms with E-state index in [1.807, 2.05) is 0 Å². The third-order valence-corrected chi connectivity index (χ3v) is 3.61. The van der Waals surface area contributed by atoms with Crippen LogP contribution in [-0.4, -0.2) is 33.6 Å². The molecule has 1 aromatic carbocycles. The van der Waals surface area contributed by atoms with Crippen LogP contribution in [-0.2, 0) is 15.1 Å². The first-order chi connectivity index (χ1) is 8.67. The zero-order valence-corrected chi connectivity index (χ0v) is 10.5. The van der Waals surface area contributed by atoms with Gasteiger partial charge in [0.25, 0.3) is 0 Å². The van der Waals surface area contributed by atoms with Crippen molar-refractivity contribution in [2.24, 2.45) is 5.92 Å². The Labute approximate surface area is 106 Å². The van der Waals surface area contributed by atoms with Crippen LogP contribution in [0.4, 0.5) is 10.1 Å². The topological polar surface area (TPSA) is 50.4 Å². The van der Waals surface area contributed by atoms with E-state index in [0.717, 1.165) is 12.0 Å². The van der Waals surface area contributed by atoms with Gasteiger partial charge in [-0.15, -0.1) is 0 Å². The van der Waals surface area contributed by atoms with Gasteiger partial charge in [-0.2, -0.15) is 0 Å². The maximum atomic E-state index is 14.1. The fourth-order valence-corrected chi connectivity index (χ4v) is 2.44. The lowest BCUT2D eigenvalue weighted by atomic mass is 9.81. The zero-order chi connectivity index (χ0) is 13.2. The average molecular weight is 252 g/mol. The van der Waals surface area contributed by atoms with Gasteiger partial charge in [0.2, 0.25) is 0 Å². The first kappa shape index (κ1) is 13.0. The molecule has 0 aliphatic carbocycles. The summed E-state index contributed by atoms with van der Waals surface area (Å²) in [4.78, 5) is 11.2. The quantitative estimate of drug-likeness (QED) is 0.789. The van der Waals surface area contributed by atoms with E-state index < -0.39 is 5.54 Å². The van der Waals surface area contributed by atoms with Crippen molar-refractivity contribution in [2.45, 2.75) is 5.54 Å². The standard InChI is InChI=1S/C13H17FN2O2/c1-15-10-3-4-12(14)11(5-10)13(16-2)8-18-7-9(13)6-17/h3-6,9,15-16H,7-8H2,1-2H3. The Kier molecular flexibility index (Phi) is 3.63. The molecular formula is C13H17FN2O2. The summed E-state index contributed by atoms with van der Waals surface area (Å²) in [6.07, 6.45) is 0.828. The number of hydrogen-bond donors (Lipinski definition) is 2. The highest BCUT2D eigenvalue weighted by atomic mass is 19.1. The molecule has 1 aliphatic rings. The minimum Gasteiger partial charge on any atom is -0.388 e. The molecule has 0 amide bonds. The van der Waals surface area contributed by atoms with Crippen molar-refractivity contribution in [3.63, 3.8) is 0 Å². The summed E-state index contributed by atoms with van der Waals surface area (Å²) < 4.78 is 19.4. The number of nitrogens with one attached hydrogen (secondary N) is 2. The van der Waals surface area contributed by atoms with Crippen LogP contribution in [0.1, 0.15) is 5.56 Å². The molecule has 98 valence electrons. The molecule has 18 heavy (non-hydrogen) atoms. The lowest BCUT2D eigenvalue weighted by Gasteiger charge is -2.32. The minimum absolute atomic E-state index is 0.289. The van der Waals surface area contributed by atoms with Crippen LogP contribution < -0.4 is 10.6 Å². The Balaban J connectivity index is 2.53. The molecule has 2 N–H and O–H groups in total. The molecule has 1 heterocycles. The number of carbonyl (C=O) groups excluding carboxylic acids is 1. The number of halogens is 1. The maximum Gasteiger partial charge on any atom is 0.128 e. The van der Waals surface area contributed by atoms with Crippen LogP contribution >= 0.6 is 0 Å². The number of ether oxygens (including phenoxy) is 1. The molecular weight excluding hydrogens is 235 g/mol. The lowest BCUT2D eigenvalue weighted by Crippen LogP contribution is -2.47. The molecule has 0 spiro atoms. The summed E-state index contributed by atoms with van der Waals surface area (Å²) in [5, 5.41) is 6.03. The molecule has 4 nitrogen and oxygen atoms in total. The van der Waals surface area contributed by atoms with Gasteiger partial charge in [0, 0.05) is 18.3 Å². The fraction of sp³-hybridized carbons (Fsp3) is 0.462. The monoisotopic (exact) mass is 252 g/mol. The first-order valence-corrected chi connectivity index (χ1v) is 5.87. The van der Waals surface area contributed by atoms with Crippen LogP contribution in [0.3, 0.4) is 0 Å². The molecule has 5 heteroatoms. The number of benzene rings is 1. The fourth-order valence-electron chi connectivity index (χ4n) is 2.44. The van der Waals surface area contributed by atoms with Gasteiger partial charge in [-0.1, -0.05) is 0 Å². The van der Waals surface area contributed by atoms with Gasteiger partial charge in [-0.3, -0.25) is 0 Å². The third-order valence-electron chi connectivity index (χ3n) is 3.61. The van der Waals surface area contributed by atoms with E-state index in [1.165, 1.54) is 6.07 Å². The summed E-state index contributed by atoms with van der Waals surface area (Å²) in [6.45, 7) is 0.602. The molecule has 1 aromatic rings. The summed E-state index contributed by atoms with van der Waals surface area (Å²) in [5.41, 5.74) is 0.489. The highest BCUT2D eigenvalue weighted by Gasteiger charge is 2.46. The van der Waals surface area contributed by atoms with Crippen LogP contribution in [0, 0.1) is 11.7 Å². The number of hydrogen-bond acceptors (Lipinski definition) is 4. The molecule has 1 aliphatic heterocycles. The Hall–Kier alpha value is -1.46. The van der Waals surface area contributed by atoms with E-state index in [1.54, 1.807) is 26.2 Å². The van der Waals surface area contributed by atoms with Crippen molar-refractivity contribution < 1.29 is 13.9 Å². The maximum absolute atomic E-state index is 14.1. The summed E-state index contributed by atoms with van der Waals surface area (Å²) in [5.74, 6) is -0.718. The van der Waals surface area contributed by atoms with Crippen molar-refractivity contribution in [1.29, 1.82) is 0 Å². The van der Waals surface area contributed by atoms with Crippen LogP contribution in [0.5, 0.6) is 0 Å². The van der Waals surface area contributed by atoms with Crippen molar-refractivity contribution in [3.8, 4) is 0 Å². The van der Waals surface area contributed by atoms with Crippen molar-refractivity contribution in [2.75, 3.05) is 32.6 Å². The second-order valence-electron chi connectivity index (χ2n) is 4.42. The Morgan fingerprint density at radius 2 is 2.28 bits per heavy atom. The highest BCUT2D eigenvalue weighted by Crippen LogP contribution is 2.36. The SMILES string of the molecule is CNc1ccc(F)c(C2(NC)COCC2C=O)c1. The van der Waals surface area contributed by atoms with Crippen LogP contribution in [0.25, 0.3) is 0 Å². The van der Waals surface area contributed by atoms with Crippen LogP contribution in [0.2, 0.25) is 0 Å². The van der Waals surface area contributed by atoms with Gasteiger partial charge in [0.15, 0.2) is 0 Å². The molecule has 1 fully saturated rings. The second kappa shape index (κ2) is 5.04. The second-order valence-corrected chi connectivity index (χ2v) is 4.42. The van der Waals surface area contributed by atoms with Gasteiger partial charge in [-0.05, 0) is 25.2 Å². The van der Waals surface area contributed by atoms with E-state index in [0.29, 0.717) is 12.2 Å².